The fourth-order valence-electron chi connectivity index (χ4n) is 1.06. The van der Waals surface area contributed by atoms with Crippen LogP contribution >= 0.6 is 0 Å². The molecule has 0 N–H and O–H groups in total. The third-order valence-corrected chi connectivity index (χ3v) is 1.75. The van der Waals surface area contributed by atoms with Crippen molar-refractivity contribution in [3.63, 3.8) is 0 Å². The fourth-order valence-corrected chi connectivity index (χ4v) is 1.06. The summed E-state index contributed by atoms with van der Waals surface area (Å²) in [5, 5.41) is 0. The standard InChI is InChI=1S/C11H20/c1-3-5-7-9-11-10-8-6-4-2/h3,5,7H,1,4,6,8-11H2,2H3/b7-5-. The smallest absolute Gasteiger partial charge is 0.0348 e. The monoisotopic (exact) mass is 152 g/mol. The molecule has 0 heterocycles. The summed E-state index contributed by atoms with van der Waals surface area (Å²) in [7, 11) is 0. The Labute approximate surface area is 71.0 Å². The zero-order valence-corrected chi connectivity index (χ0v) is 7.68. The van der Waals surface area contributed by atoms with E-state index >= 15 is 0 Å². The van der Waals surface area contributed by atoms with Crippen LogP contribution in [0.4, 0.5) is 0 Å². The first kappa shape index (κ1) is 10.5. The van der Waals surface area contributed by atoms with Crippen molar-refractivity contribution in [2.24, 2.45) is 0 Å². The van der Waals surface area contributed by atoms with Gasteiger partial charge in [-0.3, -0.25) is 0 Å². The lowest BCUT2D eigenvalue weighted by molar-refractivity contribution is 0.637. The van der Waals surface area contributed by atoms with Crippen molar-refractivity contribution in [1.82, 2.24) is 0 Å². The van der Waals surface area contributed by atoms with E-state index in [1.54, 1.807) is 0 Å². The van der Waals surface area contributed by atoms with Crippen LogP contribution in [0.25, 0.3) is 0 Å². The molecule has 0 nitrogen and oxygen atoms in total. The van der Waals surface area contributed by atoms with Crippen LogP contribution in [0, 0.1) is 0 Å². The molecule has 0 fully saturated rings. The van der Waals surface area contributed by atoms with Crippen LogP contribution in [0.3, 0.4) is 0 Å². The van der Waals surface area contributed by atoms with E-state index in [1.165, 1.54) is 38.5 Å². The van der Waals surface area contributed by atoms with E-state index in [1.807, 2.05) is 12.2 Å². The maximum absolute atomic E-state index is 3.62. The summed E-state index contributed by atoms with van der Waals surface area (Å²) < 4.78 is 0. The molecular weight excluding hydrogens is 132 g/mol. The van der Waals surface area contributed by atoms with Crippen LogP contribution < -0.4 is 0 Å². The lowest BCUT2D eigenvalue weighted by atomic mass is 10.1. The van der Waals surface area contributed by atoms with E-state index < -0.39 is 0 Å². The van der Waals surface area contributed by atoms with Gasteiger partial charge in [0.05, 0.1) is 0 Å². The maximum Gasteiger partial charge on any atom is -0.0348 e. The lowest BCUT2D eigenvalue weighted by Gasteiger charge is -1.95. The molecule has 0 rings (SSSR count). The quantitative estimate of drug-likeness (QED) is 0.381. The first-order chi connectivity index (χ1) is 5.41. The molecule has 0 aliphatic carbocycles. The number of hydrogen-bond acceptors (Lipinski definition) is 0. The molecule has 0 unspecified atom stereocenters. The van der Waals surface area contributed by atoms with Crippen molar-refractivity contribution >= 4 is 0 Å². The van der Waals surface area contributed by atoms with Crippen LogP contribution in [-0.4, -0.2) is 0 Å². The molecule has 0 radical (unpaired) electrons. The van der Waals surface area contributed by atoms with Crippen molar-refractivity contribution in [1.29, 1.82) is 0 Å². The maximum atomic E-state index is 3.62. The molecular formula is C11H20. The minimum absolute atomic E-state index is 1.22. The molecule has 64 valence electrons. The largest absolute Gasteiger partial charge is 0.0991 e. The summed E-state index contributed by atoms with van der Waals surface area (Å²) in [5.41, 5.74) is 0. The van der Waals surface area contributed by atoms with Crippen LogP contribution in [0.1, 0.15) is 45.4 Å². The Morgan fingerprint density at radius 2 is 1.82 bits per heavy atom. The Balaban J connectivity index is 2.90. The molecule has 0 saturated heterocycles. The first-order valence-electron chi connectivity index (χ1n) is 4.69. The van der Waals surface area contributed by atoms with Crippen molar-refractivity contribution in [3.8, 4) is 0 Å². The molecule has 0 aliphatic heterocycles. The second kappa shape index (κ2) is 9.48. The van der Waals surface area contributed by atoms with E-state index in [0.29, 0.717) is 0 Å². The van der Waals surface area contributed by atoms with Crippen molar-refractivity contribution < 1.29 is 0 Å². The second-order valence-corrected chi connectivity index (χ2v) is 2.87. The summed E-state index contributed by atoms with van der Waals surface area (Å²) in [4.78, 5) is 0. The zero-order chi connectivity index (χ0) is 8.36. The van der Waals surface area contributed by atoms with Gasteiger partial charge in [-0.15, -0.1) is 0 Å². The van der Waals surface area contributed by atoms with Gasteiger partial charge in [-0.25, -0.2) is 0 Å². The Kier molecular flexibility index (Phi) is 9.03. The number of allylic oxidation sites excluding steroid dienone is 3. The predicted molar refractivity (Wildman–Crippen MR) is 52.7 cm³/mol. The number of hydrogen-bond donors (Lipinski definition) is 0. The summed E-state index contributed by atoms with van der Waals surface area (Å²) in [6.45, 7) is 5.87. The third-order valence-electron chi connectivity index (χ3n) is 1.75. The summed E-state index contributed by atoms with van der Waals surface area (Å²) in [5.74, 6) is 0. The average Bonchev–Trinajstić information content (AvgIpc) is 2.03. The van der Waals surface area contributed by atoms with Crippen LogP contribution in [0.2, 0.25) is 0 Å². The van der Waals surface area contributed by atoms with Crippen LogP contribution in [-0.2, 0) is 0 Å². The van der Waals surface area contributed by atoms with Gasteiger partial charge in [0.1, 0.15) is 0 Å². The van der Waals surface area contributed by atoms with Gasteiger partial charge < -0.3 is 0 Å². The highest BCUT2D eigenvalue weighted by molar-refractivity contribution is 4.96. The molecule has 0 aromatic carbocycles. The van der Waals surface area contributed by atoms with E-state index in [-0.39, 0.29) is 0 Å². The van der Waals surface area contributed by atoms with Gasteiger partial charge in [0, 0.05) is 0 Å². The van der Waals surface area contributed by atoms with Gasteiger partial charge in [-0.1, -0.05) is 57.4 Å². The highest BCUT2D eigenvalue weighted by Crippen LogP contribution is 2.04. The van der Waals surface area contributed by atoms with Gasteiger partial charge in [-0.2, -0.15) is 0 Å². The molecule has 0 aromatic heterocycles. The molecule has 0 aliphatic rings. The Hall–Kier alpha value is -0.520. The molecule has 0 spiro atoms. The van der Waals surface area contributed by atoms with Crippen molar-refractivity contribution in [2.45, 2.75) is 45.4 Å². The molecule has 11 heavy (non-hydrogen) atoms. The molecule has 0 atom stereocenters. The van der Waals surface area contributed by atoms with E-state index in [2.05, 4.69) is 19.6 Å². The number of rotatable bonds is 7. The fraction of sp³-hybridized carbons (Fsp3) is 0.636. The number of unbranched alkanes of at least 4 members (excludes halogenated alkanes) is 5. The minimum Gasteiger partial charge on any atom is -0.0991 e. The van der Waals surface area contributed by atoms with E-state index in [4.69, 9.17) is 0 Å². The SMILES string of the molecule is C=C/C=C\CCCCCCC. The molecule has 0 saturated carbocycles. The zero-order valence-electron chi connectivity index (χ0n) is 7.68. The van der Waals surface area contributed by atoms with Gasteiger partial charge in [-0.05, 0) is 12.8 Å². The Bertz CT molecular complexity index is 101. The lowest BCUT2D eigenvalue weighted by Crippen LogP contribution is -1.75. The highest BCUT2D eigenvalue weighted by Gasteiger charge is 1.85. The molecule has 0 amide bonds. The highest BCUT2D eigenvalue weighted by atomic mass is 13.9. The average molecular weight is 152 g/mol. The molecule has 0 bridgehead atoms. The Morgan fingerprint density at radius 1 is 1.09 bits per heavy atom. The van der Waals surface area contributed by atoms with E-state index in [9.17, 15) is 0 Å². The topological polar surface area (TPSA) is 0 Å². The third kappa shape index (κ3) is 9.48. The summed E-state index contributed by atoms with van der Waals surface area (Å²) >= 11 is 0. The predicted octanol–water partition coefficient (Wildman–Crippen LogP) is 4.09. The second-order valence-electron chi connectivity index (χ2n) is 2.87. The summed E-state index contributed by atoms with van der Waals surface area (Å²) in [6.07, 6.45) is 14.1. The van der Waals surface area contributed by atoms with Crippen LogP contribution in [0.5, 0.6) is 0 Å². The first-order valence-corrected chi connectivity index (χ1v) is 4.69. The van der Waals surface area contributed by atoms with Crippen LogP contribution in [0.15, 0.2) is 24.8 Å². The van der Waals surface area contributed by atoms with Gasteiger partial charge in [0.25, 0.3) is 0 Å². The van der Waals surface area contributed by atoms with Gasteiger partial charge in [0.2, 0.25) is 0 Å². The van der Waals surface area contributed by atoms with Crippen molar-refractivity contribution in [2.75, 3.05) is 0 Å². The van der Waals surface area contributed by atoms with Gasteiger partial charge >= 0.3 is 0 Å². The van der Waals surface area contributed by atoms with Crippen molar-refractivity contribution in [3.05, 3.63) is 24.8 Å². The minimum atomic E-state index is 1.22. The summed E-state index contributed by atoms with van der Waals surface area (Å²) in [6, 6.07) is 0. The normalized spacial score (nSPS) is 10.6. The molecule has 0 heteroatoms. The molecule has 0 aromatic rings. The van der Waals surface area contributed by atoms with Gasteiger partial charge in [0.15, 0.2) is 0 Å². The van der Waals surface area contributed by atoms with E-state index in [0.717, 1.165) is 0 Å². The Morgan fingerprint density at radius 3 is 2.45 bits per heavy atom.